The normalized spacial score (nSPS) is 16.5. The molecule has 0 saturated heterocycles. The predicted molar refractivity (Wildman–Crippen MR) is 74.5 cm³/mol. The minimum Gasteiger partial charge on any atom is -0.492 e. The molecule has 1 saturated carbocycles. The Morgan fingerprint density at radius 3 is 2.65 bits per heavy atom. The van der Waals surface area contributed by atoms with Gasteiger partial charge in [0.1, 0.15) is 16.5 Å². The molecule has 1 fully saturated rings. The van der Waals surface area contributed by atoms with Crippen molar-refractivity contribution in [1.29, 1.82) is 5.26 Å². The van der Waals surface area contributed by atoms with Crippen LogP contribution in [0.25, 0.3) is 0 Å². The van der Waals surface area contributed by atoms with E-state index in [2.05, 4.69) is 22.0 Å². The van der Waals surface area contributed by atoms with Crippen molar-refractivity contribution >= 4 is 35.7 Å². The SMILES string of the molecule is N#CCC1(COc2cc(F)c(S(=O)(=O)Cl)cc2Br)CC1. The zero-order chi connectivity index (χ0) is 15.0. The Morgan fingerprint density at radius 2 is 2.15 bits per heavy atom. The highest BCUT2D eigenvalue weighted by molar-refractivity contribution is 9.10. The molecule has 4 nitrogen and oxygen atoms in total. The molecule has 0 amide bonds. The monoisotopic (exact) mass is 381 g/mol. The molecule has 0 heterocycles. The van der Waals surface area contributed by atoms with Gasteiger partial charge in [-0.3, -0.25) is 0 Å². The third-order valence-corrected chi connectivity index (χ3v) is 5.15. The van der Waals surface area contributed by atoms with Crippen LogP contribution >= 0.6 is 26.6 Å². The van der Waals surface area contributed by atoms with Crippen LogP contribution in [0.15, 0.2) is 21.5 Å². The standard InChI is InChI=1S/C12H10BrClFNO3S/c13-8-5-11(20(14,17)18)9(15)6-10(8)19-7-12(1-2-12)3-4-16/h5-6H,1-3,7H2. The summed E-state index contributed by atoms with van der Waals surface area (Å²) in [6, 6.07) is 4.14. The van der Waals surface area contributed by atoms with E-state index in [1.807, 2.05) is 0 Å². The minimum atomic E-state index is -4.14. The molecule has 1 aliphatic carbocycles. The van der Waals surface area contributed by atoms with Gasteiger partial charge in [-0.2, -0.15) is 5.26 Å². The largest absolute Gasteiger partial charge is 0.492 e. The quantitative estimate of drug-likeness (QED) is 0.730. The van der Waals surface area contributed by atoms with Crippen molar-refractivity contribution in [3.05, 3.63) is 22.4 Å². The molecular formula is C12H10BrClFNO3S. The molecule has 0 unspecified atom stereocenters. The van der Waals surface area contributed by atoms with Crippen LogP contribution in [-0.4, -0.2) is 15.0 Å². The summed E-state index contributed by atoms with van der Waals surface area (Å²) in [4.78, 5) is -0.600. The van der Waals surface area contributed by atoms with E-state index in [0.717, 1.165) is 25.0 Å². The second kappa shape index (κ2) is 5.51. The van der Waals surface area contributed by atoms with Crippen molar-refractivity contribution < 1.29 is 17.5 Å². The maximum atomic E-state index is 13.7. The molecule has 0 aliphatic heterocycles. The maximum absolute atomic E-state index is 13.7. The van der Waals surface area contributed by atoms with Crippen LogP contribution in [0.1, 0.15) is 19.3 Å². The lowest BCUT2D eigenvalue weighted by atomic mass is 10.1. The highest BCUT2D eigenvalue weighted by Crippen LogP contribution is 2.49. The molecule has 0 radical (unpaired) electrons. The molecule has 0 atom stereocenters. The van der Waals surface area contributed by atoms with Gasteiger partial charge in [0, 0.05) is 28.6 Å². The highest BCUT2D eigenvalue weighted by Gasteiger charge is 2.43. The van der Waals surface area contributed by atoms with Gasteiger partial charge in [-0.25, -0.2) is 12.8 Å². The van der Waals surface area contributed by atoms with E-state index in [1.54, 1.807) is 0 Å². The smallest absolute Gasteiger partial charge is 0.264 e. The molecule has 0 bridgehead atoms. The van der Waals surface area contributed by atoms with Crippen molar-refractivity contribution in [2.24, 2.45) is 5.41 Å². The van der Waals surface area contributed by atoms with Gasteiger partial charge in [-0.1, -0.05) is 0 Å². The number of nitrogens with zero attached hydrogens (tertiary/aromatic N) is 1. The number of hydrogen-bond acceptors (Lipinski definition) is 4. The van der Waals surface area contributed by atoms with Crippen LogP contribution < -0.4 is 4.74 Å². The first-order valence-electron chi connectivity index (χ1n) is 5.71. The Labute approximate surface area is 129 Å². The van der Waals surface area contributed by atoms with Gasteiger partial charge in [-0.05, 0) is 34.8 Å². The average molecular weight is 383 g/mol. The number of benzene rings is 1. The van der Waals surface area contributed by atoms with E-state index in [0.29, 0.717) is 17.5 Å². The first-order valence-corrected chi connectivity index (χ1v) is 8.81. The van der Waals surface area contributed by atoms with E-state index in [9.17, 15) is 12.8 Å². The fourth-order valence-corrected chi connectivity index (χ4v) is 3.27. The van der Waals surface area contributed by atoms with Gasteiger partial charge in [0.2, 0.25) is 0 Å². The lowest BCUT2D eigenvalue weighted by Crippen LogP contribution is -2.13. The molecule has 20 heavy (non-hydrogen) atoms. The number of halogens is 3. The Bertz CT molecular complexity index is 683. The summed E-state index contributed by atoms with van der Waals surface area (Å²) in [6.07, 6.45) is 2.19. The van der Waals surface area contributed by atoms with Crippen molar-refractivity contribution in [1.82, 2.24) is 0 Å². The lowest BCUT2D eigenvalue weighted by Gasteiger charge is -2.14. The van der Waals surface area contributed by atoms with Crippen LogP contribution in [-0.2, 0) is 9.05 Å². The van der Waals surface area contributed by atoms with E-state index >= 15 is 0 Å². The van der Waals surface area contributed by atoms with Crippen LogP contribution in [0, 0.1) is 22.6 Å². The van der Waals surface area contributed by atoms with Crippen molar-refractivity contribution in [2.45, 2.75) is 24.2 Å². The maximum Gasteiger partial charge on any atom is 0.264 e. The van der Waals surface area contributed by atoms with Gasteiger partial charge in [0.15, 0.2) is 0 Å². The second-order valence-corrected chi connectivity index (χ2v) is 8.16. The third-order valence-electron chi connectivity index (χ3n) is 3.19. The van der Waals surface area contributed by atoms with Crippen LogP contribution in [0.5, 0.6) is 5.75 Å². The van der Waals surface area contributed by atoms with E-state index < -0.39 is 19.8 Å². The summed E-state index contributed by atoms with van der Waals surface area (Å²) in [6.45, 7) is 0.297. The Morgan fingerprint density at radius 1 is 1.50 bits per heavy atom. The van der Waals surface area contributed by atoms with Gasteiger partial charge in [0.25, 0.3) is 9.05 Å². The first kappa shape index (κ1) is 15.5. The highest BCUT2D eigenvalue weighted by atomic mass is 79.9. The van der Waals surface area contributed by atoms with Gasteiger partial charge >= 0.3 is 0 Å². The molecule has 1 aromatic carbocycles. The molecule has 1 aliphatic rings. The number of rotatable bonds is 5. The molecule has 0 N–H and O–H groups in total. The summed E-state index contributed by atoms with van der Waals surface area (Å²) < 4.78 is 41.8. The second-order valence-electron chi connectivity index (χ2n) is 4.77. The first-order chi connectivity index (χ1) is 9.27. The Kier molecular flexibility index (Phi) is 4.28. The van der Waals surface area contributed by atoms with E-state index in [-0.39, 0.29) is 11.2 Å². The summed E-state index contributed by atoms with van der Waals surface area (Å²) in [7, 11) is 0.980. The summed E-state index contributed by atoms with van der Waals surface area (Å²) in [5.41, 5.74) is -0.151. The zero-order valence-corrected chi connectivity index (χ0v) is 13.4. The van der Waals surface area contributed by atoms with Crippen LogP contribution in [0.3, 0.4) is 0 Å². The summed E-state index contributed by atoms with van der Waals surface area (Å²) in [5, 5.41) is 8.71. The van der Waals surface area contributed by atoms with Gasteiger partial charge in [-0.15, -0.1) is 0 Å². The predicted octanol–water partition coefficient (Wildman–Crippen LogP) is 3.59. The fraction of sp³-hybridized carbons (Fsp3) is 0.417. The van der Waals surface area contributed by atoms with Gasteiger partial charge in [0.05, 0.1) is 17.1 Å². The molecule has 1 aromatic rings. The van der Waals surface area contributed by atoms with Crippen LogP contribution in [0.4, 0.5) is 4.39 Å². The summed E-state index contributed by atoms with van der Waals surface area (Å²) >= 11 is 3.12. The van der Waals surface area contributed by atoms with Crippen molar-refractivity contribution in [3.63, 3.8) is 0 Å². The zero-order valence-electron chi connectivity index (χ0n) is 10.2. The topological polar surface area (TPSA) is 67.2 Å². The average Bonchev–Trinajstić information content (AvgIpc) is 3.09. The third kappa shape index (κ3) is 3.43. The van der Waals surface area contributed by atoms with Crippen molar-refractivity contribution in [3.8, 4) is 11.8 Å². The van der Waals surface area contributed by atoms with Crippen LogP contribution in [0.2, 0.25) is 0 Å². The minimum absolute atomic E-state index is 0.151. The Hall–Kier alpha value is -0.840. The fourth-order valence-electron chi connectivity index (χ4n) is 1.76. The molecule has 2 rings (SSSR count). The van der Waals surface area contributed by atoms with E-state index in [4.69, 9.17) is 20.7 Å². The van der Waals surface area contributed by atoms with Crippen molar-refractivity contribution in [2.75, 3.05) is 6.61 Å². The van der Waals surface area contributed by atoms with Gasteiger partial charge < -0.3 is 4.74 Å². The Balaban J connectivity index is 2.18. The lowest BCUT2D eigenvalue weighted by molar-refractivity contribution is 0.234. The number of ether oxygens (including phenoxy) is 1. The molecular weight excluding hydrogens is 373 g/mol. The number of nitriles is 1. The van der Waals surface area contributed by atoms with E-state index in [1.165, 1.54) is 0 Å². The summed E-state index contributed by atoms with van der Waals surface area (Å²) in [5.74, 6) is -0.779. The molecule has 8 heteroatoms. The molecule has 0 aromatic heterocycles. The number of hydrogen-bond donors (Lipinski definition) is 0. The molecule has 0 spiro atoms. The molecule has 108 valence electrons.